The van der Waals surface area contributed by atoms with Gasteiger partial charge in [0, 0.05) is 11.4 Å². The molecule has 5 rings (SSSR count). The lowest BCUT2D eigenvalue weighted by Gasteiger charge is -2.37. The minimum Gasteiger partial charge on any atom is -0.394 e. The molecule has 2 bridgehead atoms. The highest BCUT2D eigenvalue weighted by molar-refractivity contribution is 6.05. The molecule has 0 saturated carbocycles. The lowest BCUT2D eigenvalue weighted by Crippen LogP contribution is -2.56. The maximum Gasteiger partial charge on any atom is 0.250 e. The third-order valence-electron chi connectivity index (χ3n) is 9.40. The van der Waals surface area contributed by atoms with Gasteiger partial charge in [0.15, 0.2) is 0 Å². The Hall–Kier alpha value is -3.23. The molecule has 40 heavy (non-hydrogen) atoms. The zero-order valence-corrected chi connectivity index (χ0v) is 24.2. The lowest BCUT2D eigenvalue weighted by atomic mass is 9.62. The van der Waals surface area contributed by atoms with E-state index in [1.165, 1.54) is 0 Å². The molecule has 2 aromatic rings. The average Bonchev–Trinajstić information content (AvgIpc) is 3.42. The van der Waals surface area contributed by atoms with Gasteiger partial charge in [-0.15, -0.1) is 0 Å². The zero-order valence-electron chi connectivity index (χ0n) is 24.2. The van der Waals surface area contributed by atoms with E-state index in [1.54, 1.807) is 4.90 Å². The Morgan fingerprint density at radius 1 is 1.05 bits per heavy atom. The van der Waals surface area contributed by atoms with Crippen LogP contribution in [-0.4, -0.2) is 57.6 Å². The average molecular weight is 548 g/mol. The number of nitrogens with one attached hydrogen (secondary N) is 2. The number of aliphatic hydroxyl groups is 1. The first-order valence-electron chi connectivity index (χ1n) is 14.3. The van der Waals surface area contributed by atoms with E-state index in [9.17, 15) is 19.5 Å². The van der Waals surface area contributed by atoms with Gasteiger partial charge in [-0.1, -0.05) is 57.2 Å². The molecule has 8 nitrogen and oxygen atoms in total. The van der Waals surface area contributed by atoms with Crippen LogP contribution in [0.3, 0.4) is 0 Å². The van der Waals surface area contributed by atoms with Crippen molar-refractivity contribution in [2.45, 2.75) is 77.7 Å². The number of hydrogen-bond acceptors (Lipinski definition) is 5. The van der Waals surface area contributed by atoms with Gasteiger partial charge in [-0.25, -0.2) is 0 Å². The van der Waals surface area contributed by atoms with Crippen molar-refractivity contribution in [2.24, 2.45) is 23.7 Å². The molecule has 1 spiro atoms. The third-order valence-corrected chi connectivity index (χ3v) is 9.40. The first-order valence-corrected chi connectivity index (χ1v) is 14.3. The second kappa shape index (κ2) is 10.3. The Bertz CT molecular complexity index is 1290. The third kappa shape index (κ3) is 4.32. The highest BCUT2D eigenvalue weighted by Crippen LogP contribution is 2.65. The summed E-state index contributed by atoms with van der Waals surface area (Å²) >= 11 is 0. The summed E-state index contributed by atoms with van der Waals surface area (Å²) in [5.74, 6) is -2.47. The number of rotatable bonds is 8. The number of likely N-dealkylation sites (tertiary alicyclic amines) is 1. The van der Waals surface area contributed by atoms with Gasteiger partial charge in [0.1, 0.15) is 11.6 Å². The van der Waals surface area contributed by atoms with E-state index in [0.717, 1.165) is 11.1 Å². The number of aliphatic hydroxyl groups excluding tert-OH is 1. The molecule has 3 amide bonds. The minimum absolute atomic E-state index is 0.0730. The number of ether oxygens (including phenoxy) is 1. The van der Waals surface area contributed by atoms with Crippen LogP contribution in [0.1, 0.15) is 51.7 Å². The molecule has 2 aromatic carbocycles. The molecule has 3 heterocycles. The molecule has 214 valence electrons. The first kappa shape index (κ1) is 28.3. The van der Waals surface area contributed by atoms with Crippen LogP contribution < -0.4 is 10.6 Å². The largest absolute Gasteiger partial charge is 0.394 e. The van der Waals surface area contributed by atoms with E-state index < -0.39 is 35.1 Å². The predicted molar refractivity (Wildman–Crippen MR) is 154 cm³/mol. The number of fused-ring (bicyclic) bond motifs is 1. The van der Waals surface area contributed by atoms with E-state index >= 15 is 0 Å². The molecule has 0 aliphatic carbocycles. The van der Waals surface area contributed by atoms with Crippen molar-refractivity contribution >= 4 is 29.1 Å². The highest BCUT2D eigenvalue weighted by atomic mass is 16.5. The van der Waals surface area contributed by atoms with E-state index in [2.05, 4.69) is 10.6 Å². The fraction of sp³-hybridized carbons (Fsp3) is 0.531. The molecular weight excluding hydrogens is 506 g/mol. The van der Waals surface area contributed by atoms with Gasteiger partial charge in [0.05, 0.1) is 30.1 Å². The number of carbonyl (C=O) groups is 3. The Kier molecular flexibility index (Phi) is 7.29. The number of nitrogens with zero attached hydrogens (tertiary/aromatic N) is 1. The number of hydrogen-bond donors (Lipinski definition) is 3. The number of para-hydroxylation sites is 2. The van der Waals surface area contributed by atoms with E-state index in [4.69, 9.17) is 4.74 Å². The van der Waals surface area contributed by atoms with Crippen LogP contribution >= 0.6 is 0 Å². The standard InChI is InChI=1S/C32H41N3O5/c1-18(2)15-23(17-36)35-27(29(38)34-26-19(3)11-10-12-20(26)4)32-16-21(5)31(6,40-32)24(25(32)30(35)39)28(37)33-22-13-8-7-9-14-22/h7-14,18,21,23-25,27,36H,15-17H2,1-6H3,(H,33,37)(H,34,38)/t21?,23-,24-,25+,27?,31+,32?/m1/s1. The summed E-state index contributed by atoms with van der Waals surface area (Å²) in [5, 5.41) is 16.6. The summed E-state index contributed by atoms with van der Waals surface area (Å²) in [6.07, 6.45) is 0.988. The SMILES string of the molecule is Cc1cccc(C)c1NC(=O)C1N([C@@H](CO)CC(C)C)C(=O)[C@@H]2[C@H](C(=O)Nc3ccccc3)[C@@]3(C)OC12CC3C. The Balaban J connectivity index is 1.59. The van der Waals surface area contributed by atoms with Crippen LogP contribution in [0, 0.1) is 37.5 Å². The highest BCUT2D eigenvalue weighted by Gasteiger charge is 2.80. The van der Waals surface area contributed by atoms with Crippen molar-refractivity contribution in [3.05, 3.63) is 59.7 Å². The lowest BCUT2D eigenvalue weighted by molar-refractivity contribution is -0.148. The van der Waals surface area contributed by atoms with Crippen molar-refractivity contribution in [1.29, 1.82) is 0 Å². The maximum atomic E-state index is 14.4. The van der Waals surface area contributed by atoms with Crippen molar-refractivity contribution in [1.82, 2.24) is 4.90 Å². The summed E-state index contributed by atoms with van der Waals surface area (Å²) in [5.41, 5.74) is 1.06. The Labute approximate surface area is 236 Å². The number of aryl methyl sites for hydroxylation is 2. The summed E-state index contributed by atoms with van der Waals surface area (Å²) in [7, 11) is 0. The number of carbonyl (C=O) groups excluding carboxylic acids is 3. The summed E-state index contributed by atoms with van der Waals surface area (Å²) < 4.78 is 6.82. The molecule has 0 aromatic heterocycles. The molecule has 0 radical (unpaired) electrons. The first-order chi connectivity index (χ1) is 18.9. The van der Waals surface area contributed by atoms with Gasteiger partial charge < -0.3 is 25.4 Å². The maximum absolute atomic E-state index is 14.4. The quantitative estimate of drug-likeness (QED) is 0.457. The van der Waals surface area contributed by atoms with E-state index in [0.29, 0.717) is 24.2 Å². The fourth-order valence-electron chi connectivity index (χ4n) is 7.53. The molecule has 3 fully saturated rings. The van der Waals surface area contributed by atoms with Gasteiger partial charge in [-0.05, 0) is 68.7 Å². The van der Waals surface area contributed by atoms with Gasteiger partial charge in [-0.2, -0.15) is 0 Å². The van der Waals surface area contributed by atoms with Gasteiger partial charge in [0.25, 0.3) is 0 Å². The number of benzene rings is 2. The van der Waals surface area contributed by atoms with Gasteiger partial charge in [0.2, 0.25) is 17.7 Å². The molecular formula is C32H41N3O5. The molecule has 8 heteroatoms. The topological polar surface area (TPSA) is 108 Å². The van der Waals surface area contributed by atoms with Gasteiger partial charge in [-0.3, -0.25) is 14.4 Å². The van der Waals surface area contributed by atoms with Crippen LogP contribution in [0.5, 0.6) is 0 Å². The van der Waals surface area contributed by atoms with Crippen molar-refractivity contribution in [3.63, 3.8) is 0 Å². The zero-order chi connectivity index (χ0) is 29.0. The van der Waals surface area contributed by atoms with Crippen molar-refractivity contribution < 1.29 is 24.2 Å². The molecule has 3 saturated heterocycles. The van der Waals surface area contributed by atoms with Crippen LogP contribution in [0.15, 0.2) is 48.5 Å². The summed E-state index contributed by atoms with van der Waals surface area (Å²) in [6, 6.07) is 13.4. The van der Waals surface area contributed by atoms with Crippen LogP contribution in [0.25, 0.3) is 0 Å². The van der Waals surface area contributed by atoms with E-state index in [-0.39, 0.29) is 36.2 Å². The van der Waals surface area contributed by atoms with Gasteiger partial charge >= 0.3 is 0 Å². The monoisotopic (exact) mass is 547 g/mol. The van der Waals surface area contributed by atoms with E-state index in [1.807, 2.05) is 90.1 Å². The van der Waals surface area contributed by atoms with Crippen molar-refractivity contribution in [2.75, 3.05) is 17.2 Å². The molecule has 3 aliphatic rings. The number of amides is 3. The predicted octanol–water partition coefficient (Wildman–Crippen LogP) is 4.30. The Morgan fingerprint density at radius 2 is 1.70 bits per heavy atom. The summed E-state index contributed by atoms with van der Waals surface area (Å²) in [4.78, 5) is 44.2. The second-order valence-corrected chi connectivity index (χ2v) is 12.5. The van der Waals surface area contributed by atoms with Crippen LogP contribution in [0.2, 0.25) is 0 Å². The molecule has 7 atom stereocenters. The van der Waals surface area contributed by atoms with Crippen molar-refractivity contribution in [3.8, 4) is 0 Å². The molecule has 3 N–H and O–H groups in total. The minimum atomic E-state index is -1.19. The van der Waals surface area contributed by atoms with Crippen LogP contribution in [0.4, 0.5) is 11.4 Å². The molecule has 3 unspecified atom stereocenters. The smallest absolute Gasteiger partial charge is 0.250 e. The normalized spacial score (nSPS) is 31.4. The van der Waals surface area contributed by atoms with Crippen LogP contribution in [-0.2, 0) is 19.1 Å². The Morgan fingerprint density at radius 3 is 2.30 bits per heavy atom. The number of anilines is 2. The fourth-order valence-corrected chi connectivity index (χ4v) is 7.53. The molecule has 3 aliphatic heterocycles. The second-order valence-electron chi connectivity index (χ2n) is 12.5. The summed E-state index contributed by atoms with van der Waals surface area (Å²) in [6.45, 7) is 11.6.